The van der Waals surface area contributed by atoms with Crippen LogP contribution >= 0.6 is 11.6 Å². The van der Waals surface area contributed by atoms with Crippen molar-refractivity contribution in [3.8, 4) is 5.75 Å². The van der Waals surface area contributed by atoms with Gasteiger partial charge in [0.15, 0.2) is 6.10 Å². The van der Waals surface area contributed by atoms with E-state index in [1.165, 1.54) is 12.1 Å². The predicted octanol–water partition coefficient (Wildman–Crippen LogP) is 3.23. The number of nitrogens with one attached hydrogen (secondary N) is 2. The normalized spacial score (nSPS) is 12.0. The second-order valence-corrected chi connectivity index (χ2v) is 5.04. The first-order valence-corrected chi connectivity index (χ1v) is 6.70. The lowest BCUT2D eigenvalue weighted by atomic mass is 10.3. The van der Waals surface area contributed by atoms with Crippen LogP contribution in [0.2, 0.25) is 5.02 Å². The van der Waals surface area contributed by atoms with Crippen LogP contribution in [0.4, 0.5) is 10.1 Å². The van der Waals surface area contributed by atoms with Crippen LogP contribution in [0.1, 0.15) is 18.3 Å². The van der Waals surface area contributed by atoms with Gasteiger partial charge in [0.2, 0.25) is 0 Å². The van der Waals surface area contributed by atoms with Gasteiger partial charge in [0.25, 0.3) is 5.91 Å². The zero-order valence-electron chi connectivity index (χ0n) is 11.8. The molecule has 1 atom stereocenters. The highest BCUT2D eigenvalue weighted by atomic mass is 35.5. The van der Waals surface area contributed by atoms with Gasteiger partial charge in [-0.1, -0.05) is 11.6 Å². The van der Waals surface area contributed by atoms with E-state index in [1.54, 1.807) is 20.8 Å². The summed E-state index contributed by atoms with van der Waals surface area (Å²) < 4.78 is 18.4. The quantitative estimate of drug-likeness (QED) is 0.911. The first kappa shape index (κ1) is 15.3. The van der Waals surface area contributed by atoms with Gasteiger partial charge in [-0.2, -0.15) is 5.10 Å². The fraction of sp³-hybridized carbons (Fsp3) is 0.286. The molecule has 0 bridgehead atoms. The van der Waals surface area contributed by atoms with Crippen molar-refractivity contribution in [2.24, 2.45) is 0 Å². The number of hydrogen-bond donors (Lipinski definition) is 2. The number of aromatic amines is 1. The first-order chi connectivity index (χ1) is 9.88. The lowest BCUT2D eigenvalue weighted by Gasteiger charge is -2.15. The standard InChI is InChI=1S/C14H15ClFN3O2/c1-7-13(8(2)19-18-7)17-14(20)9(3)21-12-5-4-10(16)6-11(12)15/h4-6,9H,1-3H3,(H,17,20)(H,18,19)/t9-/m1/s1. The van der Waals surface area contributed by atoms with Crippen molar-refractivity contribution in [3.05, 3.63) is 40.4 Å². The molecule has 0 aliphatic heterocycles. The van der Waals surface area contributed by atoms with Crippen LogP contribution in [-0.4, -0.2) is 22.2 Å². The van der Waals surface area contributed by atoms with Crippen LogP contribution in [0.25, 0.3) is 0 Å². The van der Waals surface area contributed by atoms with Crippen molar-refractivity contribution in [1.82, 2.24) is 10.2 Å². The Morgan fingerprint density at radius 3 is 2.76 bits per heavy atom. The summed E-state index contributed by atoms with van der Waals surface area (Å²) in [4.78, 5) is 12.1. The van der Waals surface area contributed by atoms with Crippen molar-refractivity contribution in [1.29, 1.82) is 0 Å². The minimum Gasteiger partial charge on any atom is -0.479 e. The highest BCUT2D eigenvalue weighted by molar-refractivity contribution is 6.32. The molecule has 112 valence electrons. The van der Waals surface area contributed by atoms with Crippen LogP contribution in [0.5, 0.6) is 5.75 Å². The minimum atomic E-state index is -0.790. The molecule has 1 amide bonds. The number of anilines is 1. The summed E-state index contributed by atoms with van der Waals surface area (Å²) in [6.45, 7) is 5.17. The van der Waals surface area contributed by atoms with Crippen molar-refractivity contribution >= 4 is 23.2 Å². The van der Waals surface area contributed by atoms with Crippen molar-refractivity contribution in [3.63, 3.8) is 0 Å². The third-order valence-corrected chi connectivity index (χ3v) is 3.24. The average molecular weight is 312 g/mol. The van der Waals surface area contributed by atoms with Crippen LogP contribution in [-0.2, 0) is 4.79 Å². The van der Waals surface area contributed by atoms with Crippen LogP contribution in [0, 0.1) is 19.7 Å². The Kier molecular flexibility index (Phi) is 4.47. The largest absolute Gasteiger partial charge is 0.479 e. The van der Waals surface area contributed by atoms with E-state index in [0.29, 0.717) is 11.4 Å². The van der Waals surface area contributed by atoms with E-state index in [9.17, 15) is 9.18 Å². The number of rotatable bonds is 4. The fourth-order valence-corrected chi connectivity index (χ4v) is 1.99. The maximum absolute atomic E-state index is 13.0. The number of aromatic nitrogens is 2. The summed E-state index contributed by atoms with van der Waals surface area (Å²) >= 11 is 5.86. The number of benzene rings is 1. The molecule has 2 aromatic rings. The highest BCUT2D eigenvalue weighted by Gasteiger charge is 2.19. The monoisotopic (exact) mass is 311 g/mol. The summed E-state index contributed by atoms with van der Waals surface area (Å²) in [5, 5.41) is 9.62. The molecule has 2 rings (SSSR count). The minimum absolute atomic E-state index is 0.116. The number of aryl methyl sites for hydroxylation is 2. The zero-order chi connectivity index (χ0) is 15.6. The molecule has 0 fully saturated rings. The van der Waals surface area contributed by atoms with E-state index < -0.39 is 11.9 Å². The maximum atomic E-state index is 13.0. The van der Waals surface area contributed by atoms with Gasteiger partial charge in [-0.3, -0.25) is 9.89 Å². The molecule has 0 unspecified atom stereocenters. The van der Waals surface area contributed by atoms with Crippen LogP contribution in [0.3, 0.4) is 0 Å². The van der Waals surface area contributed by atoms with Crippen molar-refractivity contribution < 1.29 is 13.9 Å². The van der Waals surface area contributed by atoms with Crippen molar-refractivity contribution in [2.75, 3.05) is 5.32 Å². The number of nitrogens with zero attached hydrogens (tertiary/aromatic N) is 1. The fourth-order valence-electron chi connectivity index (χ4n) is 1.77. The summed E-state index contributed by atoms with van der Waals surface area (Å²) in [6, 6.07) is 3.73. The highest BCUT2D eigenvalue weighted by Crippen LogP contribution is 2.26. The Bertz CT molecular complexity index is 653. The third-order valence-electron chi connectivity index (χ3n) is 2.94. The van der Waals surface area contributed by atoms with Gasteiger partial charge < -0.3 is 10.1 Å². The third kappa shape index (κ3) is 3.52. The Morgan fingerprint density at radius 1 is 1.48 bits per heavy atom. The molecule has 21 heavy (non-hydrogen) atoms. The molecule has 0 saturated carbocycles. The number of amides is 1. The molecule has 0 spiro atoms. The average Bonchev–Trinajstić information content (AvgIpc) is 2.73. The second-order valence-electron chi connectivity index (χ2n) is 4.63. The molecular formula is C14H15ClFN3O2. The SMILES string of the molecule is Cc1n[nH]c(C)c1NC(=O)[C@@H](C)Oc1ccc(F)cc1Cl. The van der Waals surface area contributed by atoms with Crippen molar-refractivity contribution in [2.45, 2.75) is 26.9 Å². The topological polar surface area (TPSA) is 67.0 Å². The van der Waals surface area contributed by atoms with Crippen LogP contribution in [0.15, 0.2) is 18.2 Å². The van der Waals surface area contributed by atoms with E-state index in [4.69, 9.17) is 16.3 Å². The number of carbonyl (C=O) groups excluding carboxylic acids is 1. The number of carbonyl (C=O) groups is 1. The number of hydrogen-bond acceptors (Lipinski definition) is 3. The van der Waals surface area contributed by atoms with E-state index in [0.717, 1.165) is 11.8 Å². The molecule has 1 aromatic carbocycles. The van der Waals surface area contributed by atoms with Crippen LogP contribution < -0.4 is 10.1 Å². The van der Waals surface area contributed by atoms with Gasteiger partial charge in [-0.25, -0.2) is 4.39 Å². The second kappa shape index (κ2) is 6.13. The molecule has 2 N–H and O–H groups in total. The smallest absolute Gasteiger partial charge is 0.265 e. The Hall–Kier alpha value is -2.08. The maximum Gasteiger partial charge on any atom is 0.265 e. The molecular weight excluding hydrogens is 297 g/mol. The Balaban J connectivity index is 2.06. The van der Waals surface area contributed by atoms with Gasteiger partial charge in [-0.15, -0.1) is 0 Å². The van der Waals surface area contributed by atoms with Gasteiger partial charge in [0.1, 0.15) is 11.6 Å². The number of H-pyrrole nitrogens is 1. The summed E-state index contributed by atoms with van der Waals surface area (Å²) in [5.41, 5.74) is 2.07. The molecule has 0 saturated heterocycles. The van der Waals surface area contributed by atoms with Gasteiger partial charge in [-0.05, 0) is 39.0 Å². The molecule has 1 heterocycles. The summed E-state index contributed by atoms with van der Waals surface area (Å²) in [6.07, 6.45) is -0.790. The molecule has 0 radical (unpaired) electrons. The Morgan fingerprint density at radius 2 is 2.19 bits per heavy atom. The Labute approximate surface area is 126 Å². The van der Waals surface area contributed by atoms with E-state index >= 15 is 0 Å². The predicted molar refractivity (Wildman–Crippen MR) is 78.2 cm³/mol. The number of halogens is 2. The van der Waals surface area contributed by atoms with Gasteiger partial charge >= 0.3 is 0 Å². The molecule has 5 nitrogen and oxygen atoms in total. The number of ether oxygens (including phenoxy) is 1. The summed E-state index contributed by atoms with van der Waals surface area (Å²) in [5.74, 6) is -0.557. The molecule has 0 aliphatic carbocycles. The summed E-state index contributed by atoms with van der Waals surface area (Å²) in [7, 11) is 0. The molecule has 0 aliphatic rings. The lowest BCUT2D eigenvalue weighted by Crippen LogP contribution is -2.30. The molecule has 1 aromatic heterocycles. The molecule has 7 heteroatoms. The van der Waals surface area contributed by atoms with E-state index in [1.807, 2.05) is 0 Å². The van der Waals surface area contributed by atoms with E-state index in [-0.39, 0.29) is 16.7 Å². The van der Waals surface area contributed by atoms with Gasteiger partial charge in [0, 0.05) is 0 Å². The zero-order valence-corrected chi connectivity index (χ0v) is 12.6. The lowest BCUT2D eigenvalue weighted by molar-refractivity contribution is -0.122. The van der Waals surface area contributed by atoms with E-state index in [2.05, 4.69) is 15.5 Å². The first-order valence-electron chi connectivity index (χ1n) is 6.32. The van der Waals surface area contributed by atoms with Gasteiger partial charge in [0.05, 0.1) is 22.1 Å².